The lowest BCUT2D eigenvalue weighted by Gasteiger charge is -2.27. The molecule has 0 bridgehead atoms. The number of pyridine rings is 1. The number of aromatic nitrogens is 6. The van der Waals surface area contributed by atoms with Gasteiger partial charge in [0.05, 0.1) is 35.5 Å². The Kier molecular flexibility index (Phi) is 6.48. The van der Waals surface area contributed by atoms with Crippen LogP contribution in [0, 0.1) is 12.8 Å². The molecule has 3 aromatic rings. The SMILES string of the molecule is CCCc1noc(Cc2c(-c3ccc(O[C@H]4CCC[C@H](C(=O)O)C4)c(C)n3)nnn2C)n1. The molecule has 0 aliphatic heterocycles. The molecule has 32 heavy (non-hydrogen) atoms. The molecule has 1 fully saturated rings. The number of rotatable bonds is 8. The van der Waals surface area contributed by atoms with Gasteiger partial charge in [0.2, 0.25) is 5.89 Å². The molecule has 2 atom stereocenters. The molecule has 0 aromatic carbocycles. The summed E-state index contributed by atoms with van der Waals surface area (Å²) in [5.74, 6) is 0.786. The van der Waals surface area contributed by atoms with Gasteiger partial charge in [-0.3, -0.25) is 9.48 Å². The fourth-order valence-electron chi connectivity index (χ4n) is 4.06. The summed E-state index contributed by atoms with van der Waals surface area (Å²) in [4.78, 5) is 20.4. The second-order valence-electron chi connectivity index (χ2n) is 8.26. The van der Waals surface area contributed by atoms with Crippen LogP contribution in [0.25, 0.3) is 11.4 Å². The van der Waals surface area contributed by atoms with Crippen molar-refractivity contribution in [3.05, 3.63) is 35.2 Å². The number of aliphatic carboxylic acids is 1. The molecule has 10 heteroatoms. The van der Waals surface area contributed by atoms with Crippen LogP contribution in [0.2, 0.25) is 0 Å². The molecule has 1 aliphatic carbocycles. The van der Waals surface area contributed by atoms with Gasteiger partial charge in [0, 0.05) is 13.5 Å². The number of aryl methyl sites for hydroxylation is 3. The van der Waals surface area contributed by atoms with E-state index in [1.165, 1.54) is 0 Å². The first-order valence-electron chi connectivity index (χ1n) is 11.0. The van der Waals surface area contributed by atoms with Gasteiger partial charge < -0.3 is 14.4 Å². The molecule has 3 aromatic heterocycles. The van der Waals surface area contributed by atoms with Crippen molar-refractivity contribution in [2.24, 2.45) is 13.0 Å². The lowest BCUT2D eigenvalue weighted by molar-refractivity contribution is -0.143. The highest BCUT2D eigenvalue weighted by atomic mass is 16.5. The lowest BCUT2D eigenvalue weighted by atomic mass is 9.87. The van der Waals surface area contributed by atoms with Gasteiger partial charge in [-0.1, -0.05) is 17.3 Å². The van der Waals surface area contributed by atoms with Crippen LogP contribution in [0.4, 0.5) is 0 Å². The highest BCUT2D eigenvalue weighted by Gasteiger charge is 2.28. The summed E-state index contributed by atoms with van der Waals surface area (Å²) in [5.41, 5.74) is 2.88. The van der Waals surface area contributed by atoms with E-state index < -0.39 is 5.97 Å². The Morgan fingerprint density at radius 3 is 2.91 bits per heavy atom. The Morgan fingerprint density at radius 1 is 1.31 bits per heavy atom. The molecule has 1 saturated carbocycles. The third-order valence-corrected chi connectivity index (χ3v) is 5.79. The monoisotopic (exact) mass is 440 g/mol. The van der Waals surface area contributed by atoms with Crippen molar-refractivity contribution in [3.63, 3.8) is 0 Å². The molecule has 170 valence electrons. The Labute approximate surface area is 186 Å². The van der Waals surface area contributed by atoms with Gasteiger partial charge in [-0.15, -0.1) is 5.10 Å². The van der Waals surface area contributed by atoms with Crippen LogP contribution in [0.3, 0.4) is 0 Å². The van der Waals surface area contributed by atoms with E-state index in [1.807, 2.05) is 26.1 Å². The standard InChI is InChI=1S/C22H28N6O4/c1-4-6-19-24-20(32-26-19)12-17-21(25-27-28(17)3)16-9-10-18(13(2)23-16)31-15-8-5-7-14(11-15)22(29)30/h9-10,14-15H,4-8,11-12H2,1-3H3,(H,29,30)/t14-,15-/m0/s1. The van der Waals surface area contributed by atoms with E-state index in [1.54, 1.807) is 4.68 Å². The topological polar surface area (TPSA) is 129 Å². The fraction of sp³-hybridized carbons (Fsp3) is 0.545. The Morgan fingerprint density at radius 2 is 2.16 bits per heavy atom. The van der Waals surface area contributed by atoms with Crippen LogP contribution in [0.15, 0.2) is 16.7 Å². The molecule has 1 N–H and O–H groups in total. The molecule has 0 saturated heterocycles. The number of hydrogen-bond acceptors (Lipinski definition) is 8. The quantitative estimate of drug-likeness (QED) is 0.561. The van der Waals surface area contributed by atoms with Gasteiger partial charge >= 0.3 is 5.97 Å². The highest BCUT2D eigenvalue weighted by molar-refractivity contribution is 5.70. The van der Waals surface area contributed by atoms with Gasteiger partial charge in [0.25, 0.3) is 0 Å². The number of carbonyl (C=O) groups is 1. The molecule has 0 radical (unpaired) electrons. The first-order valence-corrected chi connectivity index (χ1v) is 11.0. The fourth-order valence-corrected chi connectivity index (χ4v) is 4.06. The van der Waals surface area contributed by atoms with Crippen LogP contribution in [-0.2, 0) is 24.7 Å². The average molecular weight is 441 g/mol. The Hall–Kier alpha value is -3.30. The second-order valence-corrected chi connectivity index (χ2v) is 8.26. The summed E-state index contributed by atoms with van der Waals surface area (Å²) < 4.78 is 13.2. The zero-order valence-electron chi connectivity index (χ0n) is 18.6. The van der Waals surface area contributed by atoms with Gasteiger partial charge in [-0.05, 0) is 51.2 Å². The number of carboxylic acid groups (broad SMARTS) is 1. The minimum atomic E-state index is -0.748. The van der Waals surface area contributed by atoms with Gasteiger partial charge in [-0.25, -0.2) is 4.98 Å². The zero-order chi connectivity index (χ0) is 22.7. The summed E-state index contributed by atoms with van der Waals surface area (Å²) in [7, 11) is 1.82. The van der Waals surface area contributed by atoms with E-state index in [-0.39, 0.29) is 12.0 Å². The Balaban J connectivity index is 1.51. The van der Waals surface area contributed by atoms with Crippen molar-refractivity contribution in [2.45, 2.75) is 64.9 Å². The van der Waals surface area contributed by atoms with Crippen LogP contribution >= 0.6 is 0 Å². The first-order chi connectivity index (χ1) is 15.4. The van der Waals surface area contributed by atoms with Crippen molar-refractivity contribution in [1.29, 1.82) is 0 Å². The molecular weight excluding hydrogens is 412 g/mol. The summed E-state index contributed by atoms with van der Waals surface area (Å²) in [6.07, 6.45) is 4.96. The number of ether oxygens (including phenoxy) is 1. The molecule has 4 rings (SSSR count). The summed E-state index contributed by atoms with van der Waals surface area (Å²) >= 11 is 0. The largest absolute Gasteiger partial charge is 0.489 e. The molecule has 1 aliphatic rings. The first kappa shape index (κ1) is 21.9. The molecule has 0 amide bonds. The Bertz CT molecular complexity index is 1090. The van der Waals surface area contributed by atoms with Crippen LogP contribution < -0.4 is 4.74 Å². The minimum absolute atomic E-state index is 0.113. The molecule has 10 nitrogen and oxygen atoms in total. The predicted octanol–water partition coefficient (Wildman–Crippen LogP) is 3.13. The van der Waals surface area contributed by atoms with Crippen molar-refractivity contribution in [1.82, 2.24) is 30.1 Å². The third-order valence-electron chi connectivity index (χ3n) is 5.79. The maximum atomic E-state index is 11.3. The maximum absolute atomic E-state index is 11.3. The number of carboxylic acids is 1. The summed E-state index contributed by atoms with van der Waals surface area (Å²) in [6, 6.07) is 3.72. The van der Waals surface area contributed by atoms with Crippen molar-refractivity contribution < 1.29 is 19.2 Å². The molecule has 3 heterocycles. The second kappa shape index (κ2) is 9.46. The molecular formula is C22H28N6O4. The van der Waals surface area contributed by atoms with E-state index in [0.717, 1.165) is 37.1 Å². The van der Waals surface area contributed by atoms with Crippen LogP contribution in [-0.4, -0.2) is 47.3 Å². The van der Waals surface area contributed by atoms with E-state index >= 15 is 0 Å². The van der Waals surface area contributed by atoms with Crippen molar-refractivity contribution in [3.8, 4) is 17.1 Å². The minimum Gasteiger partial charge on any atom is -0.489 e. The lowest BCUT2D eigenvalue weighted by Crippen LogP contribution is -2.29. The number of hydrogen-bond donors (Lipinski definition) is 1. The molecule has 0 spiro atoms. The van der Waals surface area contributed by atoms with E-state index in [9.17, 15) is 9.90 Å². The van der Waals surface area contributed by atoms with E-state index in [4.69, 9.17) is 9.26 Å². The summed E-state index contributed by atoms with van der Waals surface area (Å²) in [5, 5.41) is 21.8. The van der Waals surface area contributed by atoms with E-state index in [0.29, 0.717) is 48.1 Å². The normalized spacial score (nSPS) is 18.6. The smallest absolute Gasteiger partial charge is 0.306 e. The van der Waals surface area contributed by atoms with Gasteiger partial charge in [0.1, 0.15) is 11.4 Å². The van der Waals surface area contributed by atoms with Crippen LogP contribution in [0.1, 0.15) is 62.1 Å². The predicted molar refractivity (Wildman–Crippen MR) is 114 cm³/mol. The van der Waals surface area contributed by atoms with E-state index in [2.05, 4.69) is 32.4 Å². The van der Waals surface area contributed by atoms with Crippen molar-refractivity contribution in [2.75, 3.05) is 0 Å². The van der Waals surface area contributed by atoms with Gasteiger partial charge in [0.15, 0.2) is 5.82 Å². The van der Waals surface area contributed by atoms with Gasteiger partial charge in [-0.2, -0.15) is 4.98 Å². The molecule has 0 unspecified atom stereocenters. The third kappa shape index (κ3) is 4.79. The zero-order valence-corrected chi connectivity index (χ0v) is 18.6. The summed E-state index contributed by atoms with van der Waals surface area (Å²) in [6.45, 7) is 3.95. The van der Waals surface area contributed by atoms with Crippen molar-refractivity contribution >= 4 is 5.97 Å². The average Bonchev–Trinajstić information content (AvgIpc) is 3.37. The maximum Gasteiger partial charge on any atom is 0.306 e. The highest BCUT2D eigenvalue weighted by Crippen LogP contribution is 2.30. The van der Waals surface area contributed by atoms with Crippen LogP contribution in [0.5, 0.6) is 5.75 Å². The number of nitrogens with zero attached hydrogens (tertiary/aromatic N) is 6.